The van der Waals surface area contributed by atoms with Crippen LogP contribution >= 0.6 is 11.3 Å². The summed E-state index contributed by atoms with van der Waals surface area (Å²) in [5.74, 6) is -0.114. The quantitative estimate of drug-likeness (QED) is 0.909. The van der Waals surface area contributed by atoms with Crippen LogP contribution in [0.15, 0.2) is 6.07 Å². The molecule has 2 N–H and O–H groups in total. The van der Waals surface area contributed by atoms with Crippen molar-refractivity contribution in [3.63, 3.8) is 0 Å². The Kier molecular flexibility index (Phi) is 4.49. The number of aryl methyl sites for hydroxylation is 1. The van der Waals surface area contributed by atoms with E-state index in [-0.39, 0.29) is 18.6 Å². The van der Waals surface area contributed by atoms with Crippen molar-refractivity contribution in [1.82, 2.24) is 15.1 Å². The number of thiophene rings is 1. The van der Waals surface area contributed by atoms with Crippen molar-refractivity contribution in [3.8, 4) is 0 Å². The van der Waals surface area contributed by atoms with Gasteiger partial charge < -0.3 is 10.4 Å². The minimum atomic E-state index is -0.228. The highest BCUT2D eigenvalue weighted by Crippen LogP contribution is 2.35. The highest BCUT2D eigenvalue weighted by Gasteiger charge is 2.22. The number of hydrogen-bond acceptors (Lipinski definition) is 4. The SMILES string of the molecule is Cc1nn(C2CCCCC2)c2sc(C(=O)N[C@@H](C)CO)cc12. The van der Waals surface area contributed by atoms with Gasteiger partial charge in [-0.05, 0) is 32.8 Å². The van der Waals surface area contributed by atoms with Gasteiger partial charge in [-0.3, -0.25) is 9.48 Å². The predicted octanol–water partition coefficient (Wildman–Crippen LogP) is 3.02. The summed E-state index contributed by atoms with van der Waals surface area (Å²) in [5.41, 5.74) is 0.992. The number of aliphatic hydroxyl groups excluding tert-OH is 1. The fraction of sp³-hybridized carbons (Fsp3) is 0.625. The zero-order valence-corrected chi connectivity index (χ0v) is 13.9. The molecule has 1 aliphatic carbocycles. The summed E-state index contributed by atoms with van der Waals surface area (Å²) in [6.45, 7) is 3.75. The number of aromatic nitrogens is 2. The fourth-order valence-electron chi connectivity index (χ4n) is 3.10. The standard InChI is InChI=1S/C16H23N3O2S/c1-10(9-20)17-15(21)14-8-13-11(2)18-19(16(13)22-14)12-6-4-3-5-7-12/h8,10,12,20H,3-7,9H2,1-2H3,(H,17,21)/t10-/m0/s1. The van der Waals surface area contributed by atoms with Crippen molar-refractivity contribution in [3.05, 3.63) is 16.6 Å². The first-order chi connectivity index (χ1) is 10.6. The van der Waals surface area contributed by atoms with Gasteiger partial charge >= 0.3 is 0 Å². The van der Waals surface area contributed by atoms with Crippen LogP contribution in [0.4, 0.5) is 0 Å². The third kappa shape index (κ3) is 2.90. The van der Waals surface area contributed by atoms with Crippen LogP contribution in [0.5, 0.6) is 0 Å². The fourth-order valence-corrected chi connectivity index (χ4v) is 4.23. The molecule has 3 rings (SSSR count). The summed E-state index contributed by atoms with van der Waals surface area (Å²) < 4.78 is 2.14. The molecule has 22 heavy (non-hydrogen) atoms. The average Bonchev–Trinajstić information content (AvgIpc) is 3.09. The number of hydrogen-bond donors (Lipinski definition) is 2. The maximum Gasteiger partial charge on any atom is 0.261 e. The smallest absolute Gasteiger partial charge is 0.261 e. The van der Waals surface area contributed by atoms with Gasteiger partial charge in [0, 0.05) is 11.4 Å². The molecule has 0 spiro atoms. The summed E-state index contributed by atoms with van der Waals surface area (Å²) in [6.07, 6.45) is 6.20. The number of rotatable bonds is 4. The predicted molar refractivity (Wildman–Crippen MR) is 88.5 cm³/mol. The first-order valence-electron chi connectivity index (χ1n) is 8.00. The van der Waals surface area contributed by atoms with Gasteiger partial charge in [-0.25, -0.2) is 0 Å². The third-order valence-corrected chi connectivity index (χ3v) is 5.49. The van der Waals surface area contributed by atoms with E-state index in [0.29, 0.717) is 10.9 Å². The van der Waals surface area contributed by atoms with Crippen LogP contribution in [0.1, 0.15) is 60.4 Å². The molecule has 0 bridgehead atoms. The van der Waals surface area contributed by atoms with Gasteiger partial charge in [0.05, 0.1) is 23.2 Å². The van der Waals surface area contributed by atoms with E-state index in [9.17, 15) is 4.79 Å². The Hall–Kier alpha value is -1.40. The first-order valence-corrected chi connectivity index (χ1v) is 8.82. The Labute approximate surface area is 134 Å². The Morgan fingerprint density at radius 2 is 2.23 bits per heavy atom. The van der Waals surface area contributed by atoms with Crippen molar-refractivity contribution in [2.24, 2.45) is 0 Å². The van der Waals surface area contributed by atoms with Gasteiger partial charge in [0.1, 0.15) is 4.83 Å². The second-order valence-electron chi connectivity index (χ2n) is 6.21. The summed E-state index contributed by atoms with van der Waals surface area (Å²) in [7, 11) is 0. The molecule has 2 heterocycles. The van der Waals surface area contributed by atoms with Gasteiger partial charge in [0.2, 0.25) is 0 Å². The van der Waals surface area contributed by atoms with E-state index in [1.807, 2.05) is 13.0 Å². The number of aliphatic hydroxyl groups is 1. The summed E-state index contributed by atoms with van der Waals surface area (Å²) in [4.78, 5) is 14.0. The summed E-state index contributed by atoms with van der Waals surface area (Å²) >= 11 is 1.51. The Balaban J connectivity index is 1.90. The van der Waals surface area contributed by atoms with Gasteiger partial charge in [-0.1, -0.05) is 19.3 Å². The maximum absolute atomic E-state index is 12.2. The molecular formula is C16H23N3O2S. The largest absolute Gasteiger partial charge is 0.394 e. The van der Waals surface area contributed by atoms with Gasteiger partial charge in [-0.2, -0.15) is 5.10 Å². The van der Waals surface area contributed by atoms with Crippen LogP contribution < -0.4 is 5.32 Å². The van der Waals surface area contributed by atoms with Crippen LogP contribution in [-0.2, 0) is 0 Å². The molecule has 0 radical (unpaired) electrons. The number of carbonyl (C=O) groups is 1. The van der Waals surface area contributed by atoms with Crippen LogP contribution in [0.25, 0.3) is 10.2 Å². The molecule has 1 saturated carbocycles. The van der Waals surface area contributed by atoms with Gasteiger partial charge in [-0.15, -0.1) is 11.3 Å². The van der Waals surface area contributed by atoms with Crippen molar-refractivity contribution >= 4 is 27.5 Å². The number of fused-ring (bicyclic) bond motifs is 1. The van der Waals surface area contributed by atoms with E-state index in [1.165, 1.54) is 43.4 Å². The highest BCUT2D eigenvalue weighted by molar-refractivity contribution is 7.20. The summed E-state index contributed by atoms with van der Waals surface area (Å²) in [5, 5.41) is 17.7. The maximum atomic E-state index is 12.2. The second kappa shape index (κ2) is 6.38. The molecule has 1 atom stereocenters. The molecule has 0 aromatic carbocycles. The van der Waals surface area contributed by atoms with Crippen LogP contribution in [0.2, 0.25) is 0 Å². The molecule has 5 nitrogen and oxygen atoms in total. The molecule has 120 valence electrons. The molecule has 2 aromatic heterocycles. The number of carbonyl (C=O) groups excluding carboxylic acids is 1. The molecule has 1 fully saturated rings. The van der Waals surface area contributed by atoms with Crippen molar-refractivity contribution in [2.45, 2.75) is 58.0 Å². The molecule has 0 saturated heterocycles. The van der Waals surface area contributed by atoms with E-state index in [2.05, 4.69) is 10.00 Å². The van der Waals surface area contributed by atoms with E-state index in [4.69, 9.17) is 10.2 Å². The van der Waals surface area contributed by atoms with Crippen molar-refractivity contribution in [2.75, 3.05) is 6.61 Å². The zero-order chi connectivity index (χ0) is 15.7. The van der Waals surface area contributed by atoms with E-state index in [0.717, 1.165) is 15.9 Å². The molecule has 0 unspecified atom stereocenters. The number of nitrogens with one attached hydrogen (secondary N) is 1. The van der Waals surface area contributed by atoms with Crippen LogP contribution in [0.3, 0.4) is 0 Å². The Morgan fingerprint density at radius 1 is 1.50 bits per heavy atom. The molecule has 0 aliphatic heterocycles. The monoisotopic (exact) mass is 321 g/mol. The second-order valence-corrected chi connectivity index (χ2v) is 7.24. The molecular weight excluding hydrogens is 298 g/mol. The molecule has 1 aliphatic rings. The van der Waals surface area contributed by atoms with Crippen molar-refractivity contribution < 1.29 is 9.90 Å². The first kappa shape index (κ1) is 15.5. The topological polar surface area (TPSA) is 67.2 Å². The molecule has 6 heteroatoms. The molecule has 2 aromatic rings. The Morgan fingerprint density at radius 3 is 2.91 bits per heavy atom. The molecule has 1 amide bonds. The minimum Gasteiger partial charge on any atom is -0.394 e. The van der Waals surface area contributed by atoms with Crippen LogP contribution in [0, 0.1) is 6.92 Å². The third-order valence-electron chi connectivity index (χ3n) is 4.36. The zero-order valence-electron chi connectivity index (χ0n) is 13.1. The van der Waals surface area contributed by atoms with Gasteiger partial charge in [0.25, 0.3) is 5.91 Å². The van der Waals surface area contributed by atoms with E-state index >= 15 is 0 Å². The Bertz CT molecular complexity index is 670. The van der Waals surface area contributed by atoms with Gasteiger partial charge in [0.15, 0.2) is 0 Å². The highest BCUT2D eigenvalue weighted by atomic mass is 32.1. The average molecular weight is 321 g/mol. The van der Waals surface area contributed by atoms with E-state index < -0.39 is 0 Å². The summed E-state index contributed by atoms with van der Waals surface area (Å²) in [6, 6.07) is 2.17. The number of nitrogens with zero attached hydrogens (tertiary/aromatic N) is 2. The lowest BCUT2D eigenvalue weighted by atomic mass is 9.96. The van der Waals surface area contributed by atoms with E-state index in [1.54, 1.807) is 6.92 Å². The van der Waals surface area contributed by atoms with Crippen molar-refractivity contribution in [1.29, 1.82) is 0 Å². The lowest BCUT2D eigenvalue weighted by molar-refractivity contribution is 0.0926. The lowest BCUT2D eigenvalue weighted by Gasteiger charge is -2.22. The normalized spacial score (nSPS) is 17.8. The van der Waals surface area contributed by atoms with Crippen LogP contribution in [-0.4, -0.2) is 33.4 Å². The lowest BCUT2D eigenvalue weighted by Crippen LogP contribution is -2.34. The minimum absolute atomic E-state index is 0.0501. The number of amides is 1.